The van der Waals surface area contributed by atoms with E-state index in [0.29, 0.717) is 11.6 Å². The molecule has 0 fully saturated rings. The van der Waals surface area contributed by atoms with Crippen LogP contribution in [0, 0.1) is 6.92 Å². The molecule has 1 rings (SSSR count). The number of hydrogen-bond donors (Lipinski definition) is 0. The van der Waals surface area contributed by atoms with Gasteiger partial charge in [-0.15, -0.1) is 11.3 Å². The highest BCUT2D eigenvalue weighted by molar-refractivity contribution is 7.11. The largest absolute Gasteiger partial charge is 0.466 e. The van der Waals surface area contributed by atoms with Gasteiger partial charge in [-0.05, 0) is 13.8 Å². The normalized spacial score (nSPS) is 9.86. The van der Waals surface area contributed by atoms with E-state index < -0.39 is 5.97 Å². The molecule has 4 nitrogen and oxygen atoms in total. The zero-order valence-electron chi connectivity index (χ0n) is 8.07. The van der Waals surface area contributed by atoms with Gasteiger partial charge in [0, 0.05) is 11.1 Å². The quantitative estimate of drug-likeness (QED) is 0.433. The maximum atomic E-state index is 11.4. The van der Waals surface area contributed by atoms with Crippen LogP contribution in [0.3, 0.4) is 0 Å². The first kappa shape index (κ1) is 10.8. The molecule has 0 aliphatic heterocycles. The van der Waals surface area contributed by atoms with Gasteiger partial charge in [0.2, 0.25) is 5.78 Å². The number of aryl methyl sites for hydroxylation is 1. The molecular weight excluding hydrogens is 202 g/mol. The molecule has 0 N–H and O–H groups in total. The maximum absolute atomic E-state index is 11.4. The lowest BCUT2D eigenvalue weighted by Crippen LogP contribution is -2.11. The topological polar surface area (TPSA) is 56.3 Å². The Labute approximate surface area is 85.9 Å². The molecule has 0 saturated heterocycles. The van der Waals surface area contributed by atoms with Crippen molar-refractivity contribution in [3.63, 3.8) is 0 Å². The molecule has 0 aromatic carbocycles. The van der Waals surface area contributed by atoms with E-state index in [4.69, 9.17) is 0 Å². The van der Waals surface area contributed by atoms with Gasteiger partial charge < -0.3 is 4.74 Å². The zero-order chi connectivity index (χ0) is 10.6. The summed E-state index contributed by atoms with van der Waals surface area (Å²) in [6.45, 7) is 3.80. The van der Waals surface area contributed by atoms with Gasteiger partial charge >= 0.3 is 5.97 Å². The standard InChI is InChI=1S/C9H11NO3S/c1-3-13-8(12)4-7(11)9-10-6(2)5-14-9/h5H,3-4H2,1-2H3. The minimum absolute atomic E-state index is 0.221. The lowest BCUT2D eigenvalue weighted by atomic mass is 10.3. The van der Waals surface area contributed by atoms with E-state index in [2.05, 4.69) is 9.72 Å². The van der Waals surface area contributed by atoms with Crippen LogP contribution in [0.15, 0.2) is 5.38 Å². The van der Waals surface area contributed by atoms with Crippen LogP contribution in [-0.2, 0) is 9.53 Å². The molecule has 1 aromatic heterocycles. The molecule has 0 unspecified atom stereocenters. The molecule has 0 atom stereocenters. The Morgan fingerprint density at radius 1 is 1.57 bits per heavy atom. The zero-order valence-corrected chi connectivity index (χ0v) is 8.89. The molecule has 0 amide bonds. The van der Waals surface area contributed by atoms with E-state index in [1.54, 1.807) is 19.2 Å². The number of Topliss-reactive ketones (excluding diaryl/α,β-unsaturated/α-hetero) is 1. The van der Waals surface area contributed by atoms with Gasteiger partial charge in [0.1, 0.15) is 6.42 Å². The fraction of sp³-hybridized carbons (Fsp3) is 0.444. The Bertz CT molecular complexity index is 346. The van der Waals surface area contributed by atoms with Crippen molar-refractivity contribution in [2.24, 2.45) is 0 Å². The second-order valence-corrected chi connectivity index (χ2v) is 3.56. The molecule has 5 heteroatoms. The molecule has 0 saturated carbocycles. The summed E-state index contributed by atoms with van der Waals surface area (Å²) in [4.78, 5) is 26.3. The summed E-state index contributed by atoms with van der Waals surface area (Å²) in [5, 5.41) is 2.15. The monoisotopic (exact) mass is 213 g/mol. The van der Waals surface area contributed by atoms with Crippen LogP contribution >= 0.6 is 11.3 Å². The minimum Gasteiger partial charge on any atom is -0.466 e. The van der Waals surface area contributed by atoms with Gasteiger partial charge in [-0.25, -0.2) is 4.98 Å². The Morgan fingerprint density at radius 2 is 2.29 bits per heavy atom. The van der Waals surface area contributed by atoms with E-state index in [1.165, 1.54) is 11.3 Å². The smallest absolute Gasteiger partial charge is 0.313 e. The van der Waals surface area contributed by atoms with Crippen molar-refractivity contribution in [2.45, 2.75) is 20.3 Å². The lowest BCUT2D eigenvalue weighted by molar-refractivity contribution is -0.141. The Kier molecular flexibility index (Phi) is 3.76. The fourth-order valence-corrected chi connectivity index (χ4v) is 1.64. The van der Waals surface area contributed by atoms with Crippen molar-refractivity contribution in [2.75, 3.05) is 6.61 Å². The van der Waals surface area contributed by atoms with E-state index in [9.17, 15) is 9.59 Å². The van der Waals surface area contributed by atoms with E-state index in [0.717, 1.165) is 5.69 Å². The molecule has 1 aromatic rings. The molecule has 14 heavy (non-hydrogen) atoms. The fourth-order valence-electron chi connectivity index (χ4n) is 0.901. The predicted octanol–water partition coefficient (Wildman–Crippen LogP) is 1.59. The Hall–Kier alpha value is -1.23. The minimum atomic E-state index is -0.495. The second kappa shape index (κ2) is 4.85. The van der Waals surface area contributed by atoms with Crippen molar-refractivity contribution in [1.82, 2.24) is 4.98 Å². The van der Waals surface area contributed by atoms with Gasteiger partial charge in [-0.3, -0.25) is 9.59 Å². The molecule has 0 spiro atoms. The second-order valence-electron chi connectivity index (χ2n) is 2.70. The predicted molar refractivity (Wildman–Crippen MR) is 52.4 cm³/mol. The molecule has 0 aliphatic carbocycles. The molecule has 0 aliphatic rings. The first-order valence-corrected chi connectivity index (χ1v) is 5.12. The highest BCUT2D eigenvalue weighted by atomic mass is 32.1. The summed E-state index contributed by atoms with van der Waals surface area (Å²) >= 11 is 1.25. The molecule has 76 valence electrons. The van der Waals surface area contributed by atoms with Crippen LogP contribution in [0.25, 0.3) is 0 Å². The number of ether oxygens (including phenoxy) is 1. The molecule has 0 radical (unpaired) electrons. The van der Waals surface area contributed by atoms with Crippen LogP contribution in [0.2, 0.25) is 0 Å². The van der Waals surface area contributed by atoms with E-state index in [-0.39, 0.29) is 12.2 Å². The molecular formula is C9H11NO3S. The van der Waals surface area contributed by atoms with Crippen molar-refractivity contribution < 1.29 is 14.3 Å². The number of aromatic nitrogens is 1. The van der Waals surface area contributed by atoms with Crippen LogP contribution in [0.1, 0.15) is 28.8 Å². The summed E-state index contributed by atoms with van der Waals surface area (Å²) in [6.07, 6.45) is -0.221. The lowest BCUT2D eigenvalue weighted by Gasteiger charge is -1.98. The molecule has 1 heterocycles. The highest BCUT2D eigenvalue weighted by Gasteiger charge is 2.15. The first-order chi connectivity index (χ1) is 6.63. The maximum Gasteiger partial charge on any atom is 0.313 e. The summed E-state index contributed by atoms with van der Waals surface area (Å²) in [5.41, 5.74) is 0.794. The Morgan fingerprint density at radius 3 is 2.79 bits per heavy atom. The van der Waals surface area contributed by atoms with Crippen molar-refractivity contribution >= 4 is 23.1 Å². The third-order valence-electron chi connectivity index (χ3n) is 1.47. The number of rotatable bonds is 4. The third-order valence-corrected chi connectivity index (χ3v) is 2.47. The molecule has 0 bridgehead atoms. The van der Waals surface area contributed by atoms with Crippen molar-refractivity contribution in [3.8, 4) is 0 Å². The highest BCUT2D eigenvalue weighted by Crippen LogP contribution is 2.11. The van der Waals surface area contributed by atoms with Crippen LogP contribution in [0.4, 0.5) is 0 Å². The van der Waals surface area contributed by atoms with Crippen molar-refractivity contribution in [3.05, 3.63) is 16.1 Å². The SMILES string of the molecule is CCOC(=O)CC(=O)c1nc(C)cs1. The van der Waals surface area contributed by atoms with Crippen LogP contribution in [0.5, 0.6) is 0 Å². The summed E-state index contributed by atoms with van der Waals surface area (Å²) < 4.78 is 4.66. The van der Waals surface area contributed by atoms with Crippen molar-refractivity contribution in [1.29, 1.82) is 0 Å². The number of ketones is 1. The number of carbonyl (C=O) groups excluding carboxylic acids is 2. The Balaban J connectivity index is 2.55. The average molecular weight is 213 g/mol. The number of hydrogen-bond acceptors (Lipinski definition) is 5. The summed E-state index contributed by atoms with van der Waals surface area (Å²) in [5.74, 6) is -0.771. The number of nitrogens with zero attached hydrogens (tertiary/aromatic N) is 1. The van der Waals surface area contributed by atoms with Gasteiger partial charge in [-0.1, -0.05) is 0 Å². The van der Waals surface area contributed by atoms with Crippen LogP contribution in [-0.4, -0.2) is 23.3 Å². The average Bonchev–Trinajstić information content (AvgIpc) is 2.52. The summed E-state index contributed by atoms with van der Waals surface area (Å²) in [7, 11) is 0. The number of esters is 1. The van der Waals surface area contributed by atoms with E-state index in [1.807, 2.05) is 0 Å². The van der Waals surface area contributed by atoms with Gasteiger partial charge in [0.15, 0.2) is 5.01 Å². The van der Waals surface area contributed by atoms with E-state index >= 15 is 0 Å². The van der Waals surface area contributed by atoms with Crippen LogP contribution < -0.4 is 0 Å². The van der Waals surface area contributed by atoms with Gasteiger partial charge in [0.25, 0.3) is 0 Å². The number of thiazole rings is 1. The first-order valence-electron chi connectivity index (χ1n) is 4.24. The number of carbonyl (C=O) groups is 2. The van der Waals surface area contributed by atoms with Gasteiger partial charge in [0.05, 0.1) is 6.61 Å². The summed E-state index contributed by atoms with van der Waals surface area (Å²) in [6, 6.07) is 0. The van der Waals surface area contributed by atoms with Gasteiger partial charge in [-0.2, -0.15) is 0 Å². The third kappa shape index (κ3) is 2.92.